The molecule has 0 fully saturated rings. The van der Waals surface area contributed by atoms with Crippen molar-refractivity contribution in [2.24, 2.45) is 0 Å². The zero-order valence-electron chi connectivity index (χ0n) is 14.6. The highest BCUT2D eigenvalue weighted by atomic mass is 32.1. The lowest BCUT2D eigenvalue weighted by atomic mass is 9.95. The Balaban J connectivity index is 1.43. The van der Waals surface area contributed by atoms with Crippen LogP contribution in [0.4, 0.5) is 0 Å². The van der Waals surface area contributed by atoms with E-state index in [1.165, 1.54) is 11.3 Å². The van der Waals surface area contributed by atoms with Crippen molar-refractivity contribution in [2.75, 3.05) is 13.3 Å². The van der Waals surface area contributed by atoms with Crippen LogP contribution in [0.25, 0.3) is 10.6 Å². The van der Waals surface area contributed by atoms with Crippen molar-refractivity contribution >= 4 is 17.2 Å². The highest BCUT2D eigenvalue weighted by molar-refractivity contribution is 7.13. The summed E-state index contributed by atoms with van der Waals surface area (Å²) in [6.07, 6.45) is 0. The lowest BCUT2D eigenvalue weighted by Gasteiger charge is -2.24. The summed E-state index contributed by atoms with van der Waals surface area (Å²) in [5.74, 6) is 0.912. The summed E-state index contributed by atoms with van der Waals surface area (Å²) < 4.78 is 10.6. The smallest absolute Gasteiger partial charge is 0.270 e. The largest absolute Gasteiger partial charge is 0.454 e. The summed E-state index contributed by atoms with van der Waals surface area (Å²) >= 11 is 1.41. The topological polar surface area (TPSA) is 80.7 Å². The molecule has 1 atom stereocenters. The molecule has 1 aliphatic heterocycles. The first-order valence-electron chi connectivity index (χ1n) is 8.44. The number of hydrogen-bond acceptors (Lipinski definition) is 6. The van der Waals surface area contributed by atoms with Crippen molar-refractivity contribution in [2.45, 2.75) is 12.5 Å². The fourth-order valence-electron chi connectivity index (χ4n) is 2.77. The maximum absolute atomic E-state index is 12.4. The molecule has 1 aliphatic rings. The quantitative estimate of drug-likeness (QED) is 0.708. The van der Waals surface area contributed by atoms with Gasteiger partial charge in [0.25, 0.3) is 5.91 Å². The minimum absolute atomic E-state index is 0.0453. The van der Waals surface area contributed by atoms with Crippen molar-refractivity contribution in [3.63, 3.8) is 0 Å². The minimum atomic E-state index is -1.26. The van der Waals surface area contributed by atoms with Gasteiger partial charge in [-0.05, 0) is 24.6 Å². The number of thiazole rings is 1. The van der Waals surface area contributed by atoms with Crippen molar-refractivity contribution in [1.82, 2.24) is 10.3 Å². The Morgan fingerprint density at radius 2 is 2.00 bits per heavy atom. The van der Waals surface area contributed by atoms with Crippen LogP contribution in [0.15, 0.2) is 53.9 Å². The van der Waals surface area contributed by atoms with E-state index in [1.54, 1.807) is 30.5 Å². The molecular formula is C20H18N2O4S. The molecule has 27 heavy (non-hydrogen) atoms. The number of aromatic nitrogens is 1. The van der Waals surface area contributed by atoms with Gasteiger partial charge in [0.05, 0.1) is 6.54 Å². The number of amides is 1. The Bertz CT molecular complexity index is 969. The first kappa shape index (κ1) is 17.5. The number of hydrogen-bond donors (Lipinski definition) is 2. The van der Waals surface area contributed by atoms with Gasteiger partial charge in [0.2, 0.25) is 6.79 Å². The van der Waals surface area contributed by atoms with E-state index in [0.717, 1.165) is 10.6 Å². The van der Waals surface area contributed by atoms with Crippen LogP contribution >= 0.6 is 11.3 Å². The normalized spacial score (nSPS) is 14.6. The van der Waals surface area contributed by atoms with Crippen LogP contribution in [0.3, 0.4) is 0 Å². The summed E-state index contributed by atoms with van der Waals surface area (Å²) in [5, 5.41) is 16.0. The molecule has 4 rings (SSSR count). The highest BCUT2D eigenvalue weighted by Crippen LogP contribution is 2.35. The molecule has 6 nitrogen and oxygen atoms in total. The first-order chi connectivity index (χ1) is 13.0. The number of ether oxygens (including phenoxy) is 2. The van der Waals surface area contributed by atoms with Gasteiger partial charge in [-0.2, -0.15) is 0 Å². The summed E-state index contributed by atoms with van der Waals surface area (Å²) in [6.45, 7) is 1.86. The molecule has 0 aliphatic carbocycles. The van der Waals surface area contributed by atoms with E-state index in [9.17, 15) is 9.90 Å². The molecule has 1 unspecified atom stereocenters. The number of nitrogens with zero attached hydrogens (tertiary/aromatic N) is 1. The van der Waals surface area contributed by atoms with E-state index in [1.807, 2.05) is 30.3 Å². The Labute approximate surface area is 160 Å². The summed E-state index contributed by atoms with van der Waals surface area (Å²) in [7, 11) is 0. The maximum Gasteiger partial charge on any atom is 0.270 e. The zero-order chi connectivity index (χ0) is 18.9. The van der Waals surface area contributed by atoms with Crippen LogP contribution in [0.1, 0.15) is 23.0 Å². The van der Waals surface area contributed by atoms with E-state index >= 15 is 0 Å². The van der Waals surface area contributed by atoms with E-state index in [0.29, 0.717) is 22.8 Å². The Hall–Kier alpha value is -2.90. The van der Waals surface area contributed by atoms with E-state index in [-0.39, 0.29) is 19.2 Å². The second-order valence-corrected chi connectivity index (χ2v) is 7.29. The second kappa shape index (κ2) is 7.02. The summed E-state index contributed by atoms with van der Waals surface area (Å²) in [5.41, 5.74) is 0.680. The average molecular weight is 382 g/mol. The third-order valence-corrected chi connectivity index (χ3v) is 5.24. The molecule has 0 saturated carbocycles. The van der Waals surface area contributed by atoms with Crippen LogP contribution in [-0.2, 0) is 5.60 Å². The average Bonchev–Trinajstić information content (AvgIpc) is 3.35. The third-order valence-electron chi connectivity index (χ3n) is 4.35. The minimum Gasteiger partial charge on any atom is -0.454 e. The molecule has 2 heterocycles. The number of carbonyl (C=O) groups is 1. The van der Waals surface area contributed by atoms with E-state index in [4.69, 9.17) is 9.47 Å². The Kier molecular flexibility index (Phi) is 4.55. The Morgan fingerprint density at radius 3 is 2.81 bits per heavy atom. The fraction of sp³-hybridized carbons (Fsp3) is 0.200. The monoisotopic (exact) mass is 382 g/mol. The van der Waals surface area contributed by atoms with Gasteiger partial charge in [-0.15, -0.1) is 11.3 Å². The van der Waals surface area contributed by atoms with Crippen molar-refractivity contribution in [3.05, 3.63) is 65.2 Å². The van der Waals surface area contributed by atoms with Gasteiger partial charge in [0.15, 0.2) is 11.5 Å². The number of aliphatic hydroxyl groups is 1. The molecule has 0 radical (unpaired) electrons. The number of rotatable bonds is 5. The predicted molar refractivity (Wildman–Crippen MR) is 102 cm³/mol. The number of carbonyl (C=O) groups excluding carboxylic acids is 1. The second-order valence-electron chi connectivity index (χ2n) is 6.43. The lowest BCUT2D eigenvalue weighted by molar-refractivity contribution is 0.0523. The van der Waals surface area contributed by atoms with Crippen LogP contribution in [0.5, 0.6) is 11.5 Å². The molecule has 0 spiro atoms. The van der Waals surface area contributed by atoms with Gasteiger partial charge < -0.3 is 19.9 Å². The van der Waals surface area contributed by atoms with Crippen molar-refractivity contribution in [3.8, 4) is 22.1 Å². The molecule has 2 aromatic carbocycles. The van der Waals surface area contributed by atoms with Crippen molar-refractivity contribution < 1.29 is 19.4 Å². The lowest BCUT2D eigenvalue weighted by Crippen LogP contribution is -2.38. The predicted octanol–water partition coefficient (Wildman–Crippen LogP) is 3.18. The van der Waals surface area contributed by atoms with Gasteiger partial charge >= 0.3 is 0 Å². The molecule has 138 valence electrons. The van der Waals surface area contributed by atoms with Crippen LogP contribution in [-0.4, -0.2) is 29.3 Å². The van der Waals surface area contributed by atoms with Crippen molar-refractivity contribution in [1.29, 1.82) is 0 Å². The molecule has 2 N–H and O–H groups in total. The van der Waals surface area contributed by atoms with Gasteiger partial charge in [-0.1, -0.05) is 36.4 Å². The van der Waals surface area contributed by atoms with E-state index < -0.39 is 5.60 Å². The standard InChI is InChI=1S/C20H18N2O4S/c1-20(24,14-7-8-16-17(9-14)26-12-25-16)11-21-18(23)15-10-27-19(22-15)13-5-3-2-4-6-13/h2-10,24H,11-12H2,1H3,(H,21,23). The number of benzene rings is 2. The van der Waals surface area contributed by atoms with Gasteiger partial charge in [0.1, 0.15) is 16.3 Å². The van der Waals surface area contributed by atoms with E-state index in [2.05, 4.69) is 10.3 Å². The first-order valence-corrected chi connectivity index (χ1v) is 9.32. The van der Waals surface area contributed by atoms with Crippen LogP contribution < -0.4 is 14.8 Å². The molecular weight excluding hydrogens is 364 g/mol. The number of fused-ring (bicyclic) bond motifs is 1. The molecule has 1 amide bonds. The summed E-state index contributed by atoms with van der Waals surface area (Å²) in [4.78, 5) is 16.8. The molecule has 7 heteroatoms. The molecule has 3 aromatic rings. The third kappa shape index (κ3) is 3.65. The SMILES string of the molecule is CC(O)(CNC(=O)c1csc(-c2ccccc2)n1)c1ccc2c(c1)OCO2. The van der Waals surface area contributed by atoms with Crippen LogP contribution in [0, 0.1) is 0 Å². The molecule has 0 bridgehead atoms. The Morgan fingerprint density at radius 1 is 1.22 bits per heavy atom. The van der Waals surface area contributed by atoms with Gasteiger partial charge in [0, 0.05) is 10.9 Å². The fourth-order valence-corrected chi connectivity index (χ4v) is 3.57. The van der Waals surface area contributed by atoms with Gasteiger partial charge in [-0.25, -0.2) is 4.98 Å². The molecule has 1 aromatic heterocycles. The molecule has 0 saturated heterocycles. The maximum atomic E-state index is 12.4. The highest BCUT2D eigenvalue weighted by Gasteiger charge is 2.27. The van der Waals surface area contributed by atoms with Crippen LogP contribution in [0.2, 0.25) is 0 Å². The number of nitrogens with one attached hydrogen (secondary N) is 1. The van der Waals surface area contributed by atoms with Gasteiger partial charge in [-0.3, -0.25) is 4.79 Å². The zero-order valence-corrected chi connectivity index (χ0v) is 15.5. The summed E-state index contributed by atoms with van der Waals surface area (Å²) in [6, 6.07) is 14.9.